The summed E-state index contributed by atoms with van der Waals surface area (Å²) in [5, 5.41) is 11.9. The van der Waals surface area contributed by atoms with Gasteiger partial charge in [0.2, 0.25) is 0 Å². The SMILES string of the molecule is CCSCC(C)Nc1cc(F)cc(C#N)c1. The van der Waals surface area contributed by atoms with E-state index in [0.717, 1.165) is 11.5 Å². The topological polar surface area (TPSA) is 35.8 Å². The molecule has 16 heavy (non-hydrogen) atoms. The Morgan fingerprint density at radius 1 is 1.50 bits per heavy atom. The number of rotatable bonds is 5. The largest absolute Gasteiger partial charge is 0.382 e. The van der Waals surface area contributed by atoms with Crippen LogP contribution in [0.2, 0.25) is 0 Å². The lowest BCUT2D eigenvalue weighted by Gasteiger charge is -2.14. The van der Waals surface area contributed by atoms with Crippen LogP contribution in [0.25, 0.3) is 0 Å². The zero-order chi connectivity index (χ0) is 12.0. The fourth-order valence-corrected chi connectivity index (χ4v) is 2.03. The zero-order valence-electron chi connectivity index (χ0n) is 9.46. The maximum absolute atomic E-state index is 13.1. The monoisotopic (exact) mass is 238 g/mol. The maximum atomic E-state index is 13.1. The van der Waals surface area contributed by atoms with Gasteiger partial charge < -0.3 is 5.32 Å². The third-order valence-electron chi connectivity index (χ3n) is 2.01. The second kappa shape index (κ2) is 6.39. The fourth-order valence-electron chi connectivity index (χ4n) is 1.36. The van der Waals surface area contributed by atoms with Crippen LogP contribution in [0.15, 0.2) is 18.2 Å². The van der Waals surface area contributed by atoms with Crippen molar-refractivity contribution in [3.63, 3.8) is 0 Å². The lowest BCUT2D eigenvalue weighted by Crippen LogP contribution is -2.18. The van der Waals surface area contributed by atoms with Crippen molar-refractivity contribution in [3.05, 3.63) is 29.6 Å². The summed E-state index contributed by atoms with van der Waals surface area (Å²) in [6.45, 7) is 4.15. The van der Waals surface area contributed by atoms with E-state index >= 15 is 0 Å². The molecule has 4 heteroatoms. The van der Waals surface area contributed by atoms with Gasteiger partial charge in [-0.3, -0.25) is 0 Å². The van der Waals surface area contributed by atoms with Crippen molar-refractivity contribution < 1.29 is 4.39 Å². The Morgan fingerprint density at radius 2 is 2.25 bits per heavy atom. The van der Waals surface area contributed by atoms with Crippen molar-refractivity contribution in [1.82, 2.24) is 0 Å². The minimum Gasteiger partial charge on any atom is -0.382 e. The van der Waals surface area contributed by atoms with E-state index in [1.54, 1.807) is 6.07 Å². The van der Waals surface area contributed by atoms with Gasteiger partial charge in [-0.2, -0.15) is 17.0 Å². The summed E-state index contributed by atoms with van der Waals surface area (Å²) in [5.41, 5.74) is 1.01. The molecule has 0 spiro atoms. The summed E-state index contributed by atoms with van der Waals surface area (Å²) >= 11 is 1.83. The number of thioether (sulfide) groups is 1. The third-order valence-corrected chi connectivity index (χ3v) is 3.16. The molecule has 0 radical (unpaired) electrons. The summed E-state index contributed by atoms with van der Waals surface area (Å²) < 4.78 is 13.1. The molecule has 1 aromatic carbocycles. The molecule has 0 aromatic heterocycles. The second-order valence-corrected chi connectivity index (χ2v) is 4.86. The van der Waals surface area contributed by atoms with Crippen LogP contribution < -0.4 is 5.32 Å². The Hall–Kier alpha value is -1.21. The summed E-state index contributed by atoms with van der Waals surface area (Å²) in [4.78, 5) is 0. The molecule has 0 saturated heterocycles. The van der Waals surface area contributed by atoms with Gasteiger partial charge in [0.05, 0.1) is 11.6 Å². The van der Waals surface area contributed by atoms with E-state index < -0.39 is 0 Å². The predicted molar refractivity (Wildman–Crippen MR) is 67.2 cm³/mol. The van der Waals surface area contributed by atoms with E-state index in [0.29, 0.717) is 11.3 Å². The van der Waals surface area contributed by atoms with Crippen LogP contribution in [-0.2, 0) is 0 Å². The number of anilines is 1. The van der Waals surface area contributed by atoms with Gasteiger partial charge in [0, 0.05) is 17.5 Å². The van der Waals surface area contributed by atoms with E-state index in [-0.39, 0.29) is 11.9 Å². The van der Waals surface area contributed by atoms with Crippen LogP contribution >= 0.6 is 11.8 Å². The van der Waals surface area contributed by atoms with Crippen LogP contribution in [0, 0.1) is 17.1 Å². The van der Waals surface area contributed by atoms with Crippen LogP contribution in [0.3, 0.4) is 0 Å². The Bertz CT molecular complexity index is 387. The lowest BCUT2D eigenvalue weighted by molar-refractivity contribution is 0.627. The smallest absolute Gasteiger partial charge is 0.126 e. The molecule has 0 bridgehead atoms. The molecule has 2 nitrogen and oxygen atoms in total. The Balaban J connectivity index is 2.66. The average molecular weight is 238 g/mol. The molecule has 1 atom stereocenters. The van der Waals surface area contributed by atoms with E-state index in [1.165, 1.54) is 12.1 Å². The second-order valence-electron chi connectivity index (χ2n) is 3.55. The van der Waals surface area contributed by atoms with Crippen molar-refractivity contribution >= 4 is 17.4 Å². The van der Waals surface area contributed by atoms with E-state index in [4.69, 9.17) is 5.26 Å². The average Bonchev–Trinajstić information content (AvgIpc) is 2.25. The van der Waals surface area contributed by atoms with E-state index in [1.807, 2.05) is 24.8 Å². The highest BCUT2D eigenvalue weighted by Gasteiger charge is 2.04. The fraction of sp³-hybridized carbons (Fsp3) is 0.417. The third kappa shape index (κ3) is 4.11. The molecule has 86 valence electrons. The number of nitrogens with one attached hydrogen (secondary N) is 1. The first-order chi connectivity index (χ1) is 7.65. The zero-order valence-corrected chi connectivity index (χ0v) is 10.3. The highest BCUT2D eigenvalue weighted by Crippen LogP contribution is 2.15. The number of nitrogens with zero attached hydrogens (tertiary/aromatic N) is 1. The number of hydrogen-bond acceptors (Lipinski definition) is 3. The first-order valence-electron chi connectivity index (χ1n) is 5.20. The summed E-state index contributed by atoms with van der Waals surface area (Å²) in [6, 6.07) is 6.51. The van der Waals surface area contributed by atoms with Crippen molar-refractivity contribution in [2.75, 3.05) is 16.8 Å². The summed E-state index contributed by atoms with van der Waals surface area (Å²) in [7, 11) is 0. The Kier molecular flexibility index (Phi) is 5.13. The summed E-state index contributed by atoms with van der Waals surface area (Å²) in [6.07, 6.45) is 0. The predicted octanol–water partition coefficient (Wildman–Crippen LogP) is 3.25. The van der Waals surface area contributed by atoms with Gasteiger partial charge in [0.25, 0.3) is 0 Å². The van der Waals surface area contributed by atoms with Gasteiger partial charge in [-0.15, -0.1) is 0 Å². The van der Waals surface area contributed by atoms with Crippen molar-refractivity contribution in [2.45, 2.75) is 19.9 Å². The van der Waals surface area contributed by atoms with E-state index in [9.17, 15) is 4.39 Å². The van der Waals surface area contributed by atoms with Gasteiger partial charge in [0.1, 0.15) is 5.82 Å². The number of hydrogen-bond donors (Lipinski definition) is 1. The maximum Gasteiger partial charge on any atom is 0.126 e. The van der Waals surface area contributed by atoms with Crippen molar-refractivity contribution in [3.8, 4) is 6.07 Å². The number of halogens is 1. The standard InChI is InChI=1S/C12H15FN2S/c1-3-16-8-9(2)15-12-5-10(7-14)4-11(13)6-12/h4-6,9,15H,3,8H2,1-2H3. The minimum absolute atomic E-state index is 0.262. The Morgan fingerprint density at radius 3 is 2.88 bits per heavy atom. The van der Waals surface area contributed by atoms with Crippen LogP contribution in [0.4, 0.5) is 10.1 Å². The van der Waals surface area contributed by atoms with Gasteiger partial charge in [-0.05, 0) is 30.9 Å². The highest BCUT2D eigenvalue weighted by molar-refractivity contribution is 7.99. The van der Waals surface area contributed by atoms with Crippen LogP contribution in [0.5, 0.6) is 0 Å². The van der Waals surface area contributed by atoms with Crippen LogP contribution in [0.1, 0.15) is 19.4 Å². The normalized spacial score (nSPS) is 11.9. The molecular weight excluding hydrogens is 223 g/mol. The molecule has 0 aliphatic heterocycles. The number of benzene rings is 1. The molecule has 0 aliphatic rings. The van der Waals surface area contributed by atoms with Gasteiger partial charge in [0.15, 0.2) is 0 Å². The van der Waals surface area contributed by atoms with Gasteiger partial charge >= 0.3 is 0 Å². The van der Waals surface area contributed by atoms with E-state index in [2.05, 4.69) is 12.2 Å². The van der Waals surface area contributed by atoms with Gasteiger partial charge in [-0.1, -0.05) is 6.92 Å². The Labute approximate surface area is 99.9 Å². The van der Waals surface area contributed by atoms with Crippen LogP contribution in [-0.4, -0.2) is 17.5 Å². The minimum atomic E-state index is -0.378. The lowest BCUT2D eigenvalue weighted by atomic mass is 10.2. The number of nitriles is 1. The molecule has 1 rings (SSSR count). The summed E-state index contributed by atoms with van der Waals surface area (Å²) in [5.74, 6) is 1.66. The molecule has 1 unspecified atom stereocenters. The molecule has 1 N–H and O–H groups in total. The van der Waals surface area contributed by atoms with Gasteiger partial charge in [-0.25, -0.2) is 4.39 Å². The molecule has 0 heterocycles. The molecule has 0 amide bonds. The molecule has 0 saturated carbocycles. The molecule has 1 aromatic rings. The van der Waals surface area contributed by atoms with Crippen molar-refractivity contribution in [1.29, 1.82) is 5.26 Å². The molecule has 0 fully saturated rings. The van der Waals surface area contributed by atoms with Crippen molar-refractivity contribution in [2.24, 2.45) is 0 Å². The highest BCUT2D eigenvalue weighted by atomic mass is 32.2. The first kappa shape index (κ1) is 12.9. The molecular formula is C12H15FN2S. The molecule has 0 aliphatic carbocycles. The first-order valence-corrected chi connectivity index (χ1v) is 6.36. The quantitative estimate of drug-likeness (QED) is 0.855.